The van der Waals surface area contributed by atoms with Crippen molar-refractivity contribution in [1.82, 2.24) is 40.2 Å². The molecule has 0 aliphatic carbocycles. The van der Waals surface area contributed by atoms with E-state index in [2.05, 4.69) is 30.4 Å². The van der Waals surface area contributed by atoms with Gasteiger partial charge in [0.1, 0.15) is 10.0 Å². The smallest absolute Gasteiger partial charge is 0.217 e. The molecule has 0 aliphatic rings. The van der Waals surface area contributed by atoms with E-state index in [0.717, 1.165) is 16.1 Å². The maximum atomic E-state index is 11.8. The highest BCUT2D eigenvalue weighted by atomic mass is 32.1. The van der Waals surface area contributed by atoms with Gasteiger partial charge in [0.15, 0.2) is 15.8 Å². The van der Waals surface area contributed by atoms with Crippen molar-refractivity contribution in [3.05, 3.63) is 71.3 Å². The second-order valence-corrected chi connectivity index (χ2v) is 10.2. The standard InChI is InChI=1S/C12H12N4OS.C9H7N3OS.C5H13NO2/c1-16(2)7-5-10(17)12-15-14-11(18-12)9-4-3-6-13-8-9;1-6(13)8-11-12-9(14-8)7-3-2-4-10-5-7;1-6(2)5(7-3)8-4/h3-8H,1-2H3;2-5H,1H3;5H,1-4H3/b7-5+;;. The van der Waals surface area contributed by atoms with E-state index >= 15 is 0 Å². The number of aromatic nitrogens is 6. The zero-order chi connectivity index (χ0) is 29.5. The van der Waals surface area contributed by atoms with Crippen molar-refractivity contribution < 1.29 is 19.1 Å². The van der Waals surface area contributed by atoms with Crippen molar-refractivity contribution in [3.8, 4) is 21.1 Å². The minimum absolute atomic E-state index is 0.0577. The first-order chi connectivity index (χ1) is 19.2. The molecule has 0 aliphatic heterocycles. The average Bonchev–Trinajstić information content (AvgIpc) is 3.65. The van der Waals surface area contributed by atoms with E-state index in [4.69, 9.17) is 9.47 Å². The zero-order valence-electron chi connectivity index (χ0n) is 23.4. The van der Waals surface area contributed by atoms with Gasteiger partial charge in [-0.2, -0.15) is 0 Å². The molecule has 0 atom stereocenters. The van der Waals surface area contributed by atoms with Gasteiger partial charge in [-0.25, -0.2) is 0 Å². The lowest BCUT2D eigenvalue weighted by atomic mass is 10.3. The Hall–Kier alpha value is -3.82. The van der Waals surface area contributed by atoms with Crippen LogP contribution in [0.2, 0.25) is 0 Å². The number of nitrogens with zero attached hydrogens (tertiary/aromatic N) is 8. The Labute approximate surface area is 241 Å². The van der Waals surface area contributed by atoms with E-state index in [0.29, 0.717) is 15.0 Å². The van der Waals surface area contributed by atoms with Crippen LogP contribution >= 0.6 is 22.7 Å². The maximum absolute atomic E-state index is 11.8. The monoisotopic (exact) mass is 584 g/mol. The molecule has 212 valence electrons. The van der Waals surface area contributed by atoms with Crippen LogP contribution in [0.15, 0.2) is 61.3 Å². The molecule has 0 aromatic carbocycles. The van der Waals surface area contributed by atoms with Crippen LogP contribution in [0.3, 0.4) is 0 Å². The predicted octanol–water partition coefficient (Wildman–Crippen LogP) is 3.79. The van der Waals surface area contributed by atoms with E-state index in [-0.39, 0.29) is 18.0 Å². The fourth-order valence-corrected chi connectivity index (χ4v) is 4.19. The molecule has 0 amide bonds. The summed E-state index contributed by atoms with van der Waals surface area (Å²) in [5.41, 5.74) is 1.75. The van der Waals surface area contributed by atoms with Gasteiger partial charge in [0.25, 0.3) is 0 Å². The molecule has 14 heteroatoms. The van der Waals surface area contributed by atoms with Crippen LogP contribution in [0, 0.1) is 0 Å². The summed E-state index contributed by atoms with van der Waals surface area (Å²) in [5.74, 6) is -0.200. The molecule has 0 unspecified atom stereocenters. The third-order valence-corrected chi connectivity index (χ3v) is 6.59. The summed E-state index contributed by atoms with van der Waals surface area (Å²) < 4.78 is 9.73. The molecule has 0 saturated heterocycles. The van der Waals surface area contributed by atoms with E-state index in [1.807, 2.05) is 57.4 Å². The van der Waals surface area contributed by atoms with Gasteiger partial charge in [-0.1, -0.05) is 22.7 Å². The Balaban J connectivity index is 0.000000227. The number of Topliss-reactive ketones (excluding diaryl/α,β-unsaturated/α-hetero) is 1. The van der Waals surface area contributed by atoms with Crippen molar-refractivity contribution in [2.24, 2.45) is 0 Å². The molecule has 0 N–H and O–H groups in total. The number of carbonyl (C=O) groups is 2. The average molecular weight is 585 g/mol. The van der Waals surface area contributed by atoms with Crippen molar-refractivity contribution in [2.75, 3.05) is 42.4 Å². The molecule has 4 heterocycles. The van der Waals surface area contributed by atoms with E-state index < -0.39 is 0 Å². The second kappa shape index (κ2) is 17.0. The van der Waals surface area contributed by atoms with Crippen LogP contribution in [-0.4, -0.2) is 101 Å². The lowest BCUT2D eigenvalue weighted by Gasteiger charge is -2.19. The Morgan fingerprint density at radius 2 is 1.32 bits per heavy atom. The lowest BCUT2D eigenvalue weighted by molar-refractivity contribution is -0.179. The molecule has 40 heavy (non-hydrogen) atoms. The molecule has 0 saturated carbocycles. The van der Waals surface area contributed by atoms with E-state index in [9.17, 15) is 9.59 Å². The minimum atomic E-state index is -0.213. The number of rotatable bonds is 9. The van der Waals surface area contributed by atoms with Crippen molar-refractivity contribution in [1.29, 1.82) is 0 Å². The molecule has 0 radical (unpaired) electrons. The largest absolute Gasteiger partial charge is 0.383 e. The van der Waals surface area contributed by atoms with Crippen molar-refractivity contribution >= 4 is 34.2 Å². The summed E-state index contributed by atoms with van der Waals surface area (Å²) in [7, 11) is 10.7. The fraction of sp³-hybridized carbons (Fsp3) is 0.308. The quantitative estimate of drug-likeness (QED) is 0.161. The van der Waals surface area contributed by atoms with Crippen LogP contribution < -0.4 is 0 Å². The summed E-state index contributed by atoms with van der Waals surface area (Å²) in [5, 5.41) is 17.8. The molecular formula is C26H32N8O4S2. The van der Waals surface area contributed by atoms with Gasteiger partial charge in [-0.15, -0.1) is 20.4 Å². The third kappa shape index (κ3) is 10.7. The van der Waals surface area contributed by atoms with E-state index in [1.54, 1.807) is 50.1 Å². The first kappa shape index (κ1) is 32.4. The highest BCUT2D eigenvalue weighted by Crippen LogP contribution is 2.23. The highest BCUT2D eigenvalue weighted by molar-refractivity contribution is 7.17. The second-order valence-electron chi connectivity index (χ2n) is 8.25. The summed E-state index contributed by atoms with van der Waals surface area (Å²) in [4.78, 5) is 34.4. The fourth-order valence-electron chi connectivity index (χ4n) is 2.71. The van der Waals surface area contributed by atoms with Crippen LogP contribution in [0.1, 0.15) is 26.5 Å². The number of hydrogen-bond donors (Lipinski definition) is 0. The Morgan fingerprint density at radius 3 is 1.68 bits per heavy atom. The van der Waals surface area contributed by atoms with Gasteiger partial charge in [-0.3, -0.25) is 24.5 Å². The van der Waals surface area contributed by atoms with Crippen molar-refractivity contribution in [3.63, 3.8) is 0 Å². The topological polar surface area (TPSA) is 136 Å². The first-order valence-electron chi connectivity index (χ1n) is 11.8. The van der Waals surface area contributed by atoms with Gasteiger partial charge in [0.05, 0.1) is 0 Å². The molecule has 0 spiro atoms. The predicted molar refractivity (Wildman–Crippen MR) is 155 cm³/mol. The summed E-state index contributed by atoms with van der Waals surface area (Å²) in [6.07, 6.45) is 9.73. The van der Waals surface area contributed by atoms with Crippen LogP contribution in [-0.2, 0) is 9.47 Å². The zero-order valence-corrected chi connectivity index (χ0v) is 25.0. The number of allylic oxidation sites excluding steroid dienone is 1. The molecule has 0 fully saturated rings. The normalized spacial score (nSPS) is 10.6. The molecule has 0 bridgehead atoms. The highest BCUT2D eigenvalue weighted by Gasteiger charge is 2.12. The number of pyridine rings is 2. The van der Waals surface area contributed by atoms with Crippen LogP contribution in [0.25, 0.3) is 21.1 Å². The molecule has 12 nitrogen and oxygen atoms in total. The maximum Gasteiger partial charge on any atom is 0.217 e. The number of carbonyl (C=O) groups excluding carboxylic acids is 2. The minimum Gasteiger partial charge on any atom is -0.383 e. The molecule has 4 aromatic heterocycles. The Bertz CT molecular complexity index is 1340. The Kier molecular flexibility index (Phi) is 13.8. The van der Waals surface area contributed by atoms with Crippen LogP contribution in [0.4, 0.5) is 0 Å². The number of methoxy groups -OCH3 is 2. The summed E-state index contributed by atoms with van der Waals surface area (Å²) in [6, 6.07) is 7.42. The number of hydrogen-bond acceptors (Lipinski definition) is 14. The third-order valence-electron chi connectivity index (χ3n) is 4.53. The van der Waals surface area contributed by atoms with Crippen molar-refractivity contribution in [2.45, 2.75) is 13.3 Å². The SMILES string of the molecule is CC(=O)c1nnc(-c2cccnc2)s1.CN(C)/C=C/C(=O)c1nnc(-c2cccnc2)s1.COC(OC)N(C)C. The van der Waals surface area contributed by atoms with Gasteiger partial charge < -0.3 is 14.4 Å². The molecule has 4 rings (SSSR count). The van der Waals surface area contributed by atoms with Gasteiger partial charge in [-0.05, 0) is 38.4 Å². The van der Waals surface area contributed by atoms with Crippen LogP contribution in [0.5, 0.6) is 0 Å². The first-order valence-corrected chi connectivity index (χ1v) is 13.4. The molecule has 4 aromatic rings. The van der Waals surface area contributed by atoms with Gasteiger partial charge in [0, 0.05) is 83.4 Å². The van der Waals surface area contributed by atoms with Gasteiger partial charge >= 0.3 is 0 Å². The Morgan fingerprint density at radius 1 is 0.825 bits per heavy atom. The number of ether oxygens (including phenoxy) is 2. The summed E-state index contributed by atoms with van der Waals surface area (Å²) in [6.45, 7) is 1.48. The summed E-state index contributed by atoms with van der Waals surface area (Å²) >= 11 is 2.55. The van der Waals surface area contributed by atoms with E-state index in [1.165, 1.54) is 35.7 Å². The van der Waals surface area contributed by atoms with Gasteiger partial charge in [0.2, 0.25) is 12.2 Å². The number of ketones is 2. The lowest BCUT2D eigenvalue weighted by Crippen LogP contribution is -2.30. The molecular weight excluding hydrogens is 552 g/mol.